The van der Waals surface area contributed by atoms with Gasteiger partial charge in [0, 0.05) is 87.7 Å². The van der Waals surface area contributed by atoms with Gasteiger partial charge in [0.1, 0.15) is 61.0 Å². The second kappa shape index (κ2) is 41.5. The van der Waals surface area contributed by atoms with Crippen molar-refractivity contribution in [1.82, 2.24) is 9.80 Å². The molecule has 10 N–H and O–H groups in total. The lowest BCUT2D eigenvalue weighted by Crippen LogP contribution is -2.62. The minimum Gasteiger partial charge on any atom is -0.459 e. The van der Waals surface area contributed by atoms with Crippen molar-refractivity contribution >= 4 is 23.4 Å². The van der Waals surface area contributed by atoms with Crippen LogP contribution < -0.4 is 0 Å². The van der Waals surface area contributed by atoms with Crippen molar-refractivity contribution in [3.8, 4) is 0 Å². The molecule has 674 valence electrons. The van der Waals surface area contributed by atoms with Crippen molar-refractivity contribution in [3.05, 3.63) is 71.8 Å². The Balaban J connectivity index is 1.10. The van der Waals surface area contributed by atoms with Crippen LogP contribution in [0, 0.1) is 47.3 Å². The minimum atomic E-state index is -2.05. The second-order valence-corrected chi connectivity index (χ2v) is 36.7. The van der Waals surface area contributed by atoms with Gasteiger partial charge in [-0.1, -0.05) is 126 Å². The van der Waals surface area contributed by atoms with Gasteiger partial charge >= 0.3 is 11.9 Å². The maximum absolute atomic E-state index is 15.0. The molecule has 16 unspecified atom stereocenters. The molecule has 0 aromatic heterocycles. The van der Waals surface area contributed by atoms with E-state index in [4.69, 9.17) is 66.5 Å². The maximum atomic E-state index is 15.0. The maximum Gasteiger partial charge on any atom is 0.311 e. The van der Waals surface area contributed by atoms with E-state index in [1.807, 2.05) is 112 Å². The molecule has 2 aromatic carbocycles. The molecular weight excluding hydrogens is 1530 g/mol. The van der Waals surface area contributed by atoms with E-state index in [2.05, 4.69) is 10.3 Å². The normalized spacial score (nSPS) is 45.3. The number of methoxy groups -OCH3 is 2. The number of rotatable bonds is 23. The fraction of sp³-hybridized carbons (Fsp3) is 0.818. The van der Waals surface area contributed by atoms with E-state index in [1.165, 1.54) is 28.1 Å². The molecule has 30 heteroatoms. The lowest BCUT2D eigenvalue weighted by Gasteiger charge is -2.49. The quantitative estimate of drug-likeness (QED) is 0.0384. The standard InChI is InChI=1S/C88H146N4O26/c1-25-63-87(19,103)73(95)51(7)67(89-107-45-59-33-29-27-30-34-59)47(3)41-83(15,101)77(53(9)71(55(11)79(99)113-63)115-65-43-85(17,105-23)75(97)57(13)111-65)117-81-69(93)61(39-49(5)109-81)91(21)37-38-92(22)62-40-50(6)110-82(70(62)94)118-78-54(10)72(116-66-44-86(18,106-24)76(98)58(14)112-66)56(12)80(100)114-64(26-2)88(20,104)74(96)52(8)68(48(4)42-84(78,16)102)90-108-46-60-35-31-28-32-36-60/h27-36,47-58,61-66,69-78,81-82,93-98,101-104H,25-26,37-46H2,1-24H3/b89-67+,90-68+/t47-,48-,49?,50?,51+,52+,53+,54+,55-,56-,57?,58?,61?,62?,63-,64-,65?,66?,69?,70?,71+,72+,73-,74-,75?,76?,77-,78-,81?,82?,83+,84+,85?,86?,87-,88-/m1/s1. The number of oxime groups is 2. The molecule has 0 radical (unpaired) electrons. The Kier molecular flexibility index (Phi) is 34.8. The molecule has 6 saturated heterocycles. The molecule has 0 aliphatic carbocycles. The molecule has 8 rings (SSSR count). The first-order valence-corrected chi connectivity index (χ1v) is 42.7. The number of carbonyl (C=O) groups excluding carboxylic acids is 2. The number of ether oxygens (including phenoxy) is 12. The first kappa shape index (κ1) is 98.9. The number of likely N-dealkylation sites (N-methyl/N-ethyl adjacent to an activating group) is 2. The molecule has 36 atom stereocenters. The average Bonchev–Trinajstić information content (AvgIpc) is 0.770. The van der Waals surface area contributed by atoms with Crippen LogP contribution in [0.2, 0.25) is 0 Å². The molecule has 0 spiro atoms. The lowest BCUT2D eigenvalue weighted by atomic mass is 9.73. The van der Waals surface area contributed by atoms with Crippen LogP contribution in [0.5, 0.6) is 0 Å². The summed E-state index contributed by atoms with van der Waals surface area (Å²) in [6.07, 6.45) is -23.1. The zero-order chi connectivity index (χ0) is 87.8. The number of benzene rings is 2. The highest BCUT2D eigenvalue weighted by Gasteiger charge is 2.58. The van der Waals surface area contributed by atoms with Crippen molar-refractivity contribution < 1.29 is 127 Å². The molecular formula is C88H146N4O26. The summed E-state index contributed by atoms with van der Waals surface area (Å²) in [7, 11) is 6.67. The van der Waals surface area contributed by atoms with Gasteiger partial charge < -0.3 is 118 Å². The van der Waals surface area contributed by atoms with E-state index in [0.717, 1.165) is 11.1 Å². The average molecular weight is 1680 g/mol. The molecule has 0 amide bonds. The van der Waals surface area contributed by atoms with Crippen molar-refractivity contribution in [2.24, 2.45) is 57.7 Å². The van der Waals surface area contributed by atoms with Gasteiger partial charge in [0.25, 0.3) is 0 Å². The number of hydrogen-bond acceptors (Lipinski definition) is 30. The van der Waals surface area contributed by atoms with Crippen LogP contribution in [0.4, 0.5) is 0 Å². The summed E-state index contributed by atoms with van der Waals surface area (Å²) in [5, 5.41) is 134. The molecule has 6 heterocycles. The Morgan fingerprint density at radius 3 is 1.10 bits per heavy atom. The number of aliphatic hydroxyl groups excluding tert-OH is 6. The van der Waals surface area contributed by atoms with Gasteiger partial charge in [-0.05, 0) is 147 Å². The molecule has 6 fully saturated rings. The fourth-order valence-electron chi connectivity index (χ4n) is 19.2. The van der Waals surface area contributed by atoms with E-state index in [0.29, 0.717) is 25.9 Å². The largest absolute Gasteiger partial charge is 0.459 e. The summed E-state index contributed by atoms with van der Waals surface area (Å²) in [6, 6.07) is 17.4. The van der Waals surface area contributed by atoms with E-state index in [1.54, 1.807) is 96.9 Å². The first-order chi connectivity index (χ1) is 55.1. The zero-order valence-corrected chi connectivity index (χ0v) is 74.4. The van der Waals surface area contributed by atoms with Gasteiger partial charge in [0.2, 0.25) is 0 Å². The van der Waals surface area contributed by atoms with Gasteiger partial charge in [0.05, 0.1) is 107 Å². The van der Waals surface area contributed by atoms with E-state index in [9.17, 15) is 60.7 Å². The van der Waals surface area contributed by atoms with Crippen LogP contribution >= 0.6 is 0 Å². The van der Waals surface area contributed by atoms with Crippen LogP contribution in [-0.2, 0) is 89.3 Å². The Hall–Kier alpha value is -4.56. The summed E-state index contributed by atoms with van der Waals surface area (Å²) in [5.41, 5.74) is -8.15. The molecule has 6 aliphatic rings. The molecule has 118 heavy (non-hydrogen) atoms. The van der Waals surface area contributed by atoms with Gasteiger partial charge in [0.15, 0.2) is 25.2 Å². The minimum absolute atomic E-state index is 0.00760. The van der Waals surface area contributed by atoms with Crippen molar-refractivity contribution in [1.29, 1.82) is 0 Å². The SMILES string of the molecule is CC[C@H]1OC(=O)[C@H](C)[C@@H](OC2CC(C)(OC)C(O)C(C)O2)[C@H](C)[C@@H](OC2OC(C)CC(N(C)CCN(C)C3CC(C)OC(O[C@@H]4[C@@H](C)[C@H](OC5CC(C)(OC)C(O)C(C)O5)[C@@H](C)C(=O)O[C@H](CC)[C@@](C)(O)[C@H](O)[C@@H](C)/C(=N/OCc5ccccc5)[C@H](C)C[C@]4(C)O)C3O)C2O)[C@@](C)(O)C[C@@H](C)/C(=N\OCc2ccccc2)[C@H](C)[C@@H](O)[C@]1(C)O. The van der Waals surface area contributed by atoms with Crippen LogP contribution in [-0.4, -0.2) is 294 Å². The number of esters is 2. The Bertz CT molecular complexity index is 3290. The molecule has 2 aromatic rings. The summed E-state index contributed by atoms with van der Waals surface area (Å²) < 4.78 is 78.4. The number of nitrogens with zero attached hydrogens (tertiary/aromatic N) is 4. The molecule has 30 nitrogen and oxygen atoms in total. The van der Waals surface area contributed by atoms with Crippen molar-refractivity contribution in [2.75, 3.05) is 41.4 Å². The summed E-state index contributed by atoms with van der Waals surface area (Å²) >= 11 is 0. The number of hydrogen-bond donors (Lipinski definition) is 10. The third-order valence-corrected chi connectivity index (χ3v) is 26.8. The predicted octanol–water partition coefficient (Wildman–Crippen LogP) is 7.33. The third kappa shape index (κ3) is 23.1. The Morgan fingerprint density at radius 2 is 0.788 bits per heavy atom. The van der Waals surface area contributed by atoms with Crippen LogP contribution in [0.1, 0.15) is 201 Å². The second-order valence-electron chi connectivity index (χ2n) is 36.7. The summed E-state index contributed by atoms with van der Waals surface area (Å²) in [6.45, 7) is 34.4. The fourth-order valence-corrected chi connectivity index (χ4v) is 19.2. The monoisotopic (exact) mass is 1680 g/mol. The molecule has 0 saturated carbocycles. The first-order valence-electron chi connectivity index (χ1n) is 42.7. The highest BCUT2D eigenvalue weighted by Crippen LogP contribution is 2.45. The Labute approximate surface area is 699 Å². The predicted molar refractivity (Wildman–Crippen MR) is 438 cm³/mol. The summed E-state index contributed by atoms with van der Waals surface area (Å²) in [4.78, 5) is 46.0. The van der Waals surface area contributed by atoms with Crippen molar-refractivity contribution in [3.63, 3.8) is 0 Å². The smallest absolute Gasteiger partial charge is 0.311 e. The van der Waals surface area contributed by atoms with E-state index >= 15 is 0 Å². The number of aliphatic hydroxyl groups is 10. The van der Waals surface area contributed by atoms with Gasteiger partial charge in [-0.3, -0.25) is 19.4 Å². The summed E-state index contributed by atoms with van der Waals surface area (Å²) in [5.74, 6) is -9.37. The number of carbonyl (C=O) groups is 2. The van der Waals surface area contributed by atoms with Gasteiger partial charge in [-0.2, -0.15) is 0 Å². The van der Waals surface area contributed by atoms with Crippen LogP contribution in [0.15, 0.2) is 71.0 Å². The zero-order valence-electron chi connectivity index (χ0n) is 74.4. The number of cyclic esters (lactones) is 2. The van der Waals surface area contributed by atoms with Crippen molar-refractivity contribution in [2.45, 2.75) is 372 Å². The lowest BCUT2D eigenvalue weighted by molar-refractivity contribution is -0.319. The highest BCUT2D eigenvalue weighted by atomic mass is 16.7. The van der Waals surface area contributed by atoms with Gasteiger partial charge in [-0.25, -0.2) is 0 Å². The Morgan fingerprint density at radius 1 is 0.458 bits per heavy atom. The molecule has 6 aliphatic heterocycles. The van der Waals surface area contributed by atoms with E-state index in [-0.39, 0.29) is 63.2 Å². The third-order valence-electron chi connectivity index (χ3n) is 26.8. The van der Waals surface area contributed by atoms with Crippen LogP contribution in [0.25, 0.3) is 0 Å². The van der Waals surface area contributed by atoms with Gasteiger partial charge in [-0.15, -0.1) is 0 Å². The molecule has 0 bridgehead atoms. The highest BCUT2D eigenvalue weighted by molar-refractivity contribution is 5.89. The van der Waals surface area contributed by atoms with E-state index < -0.39 is 228 Å². The topological polar surface area (TPSA) is 397 Å². The van der Waals surface area contributed by atoms with Crippen LogP contribution in [0.3, 0.4) is 0 Å².